The summed E-state index contributed by atoms with van der Waals surface area (Å²) in [5.41, 5.74) is 3.23. The maximum atomic E-state index is 10.9. The second-order valence-corrected chi connectivity index (χ2v) is 7.81. The highest BCUT2D eigenvalue weighted by Crippen LogP contribution is 2.24. The van der Waals surface area contributed by atoms with Crippen molar-refractivity contribution in [1.29, 1.82) is 0 Å². The predicted molar refractivity (Wildman–Crippen MR) is 110 cm³/mol. The fraction of sp³-hybridized carbons (Fsp3) is 0.391. The minimum Gasteiger partial charge on any atom is -0.489 e. The minimum atomic E-state index is -0.784. The van der Waals surface area contributed by atoms with Crippen LogP contribution in [0.4, 0.5) is 0 Å². The van der Waals surface area contributed by atoms with Crippen LogP contribution in [-0.4, -0.2) is 34.1 Å². The maximum absolute atomic E-state index is 10.9. The SMILES string of the molecule is CC(CC(=O)O)c1ccc(OCc2ccc3c(cnn3CC3CCOC3)c2)cc1. The highest BCUT2D eigenvalue weighted by atomic mass is 16.5. The number of hydrogen-bond donors (Lipinski definition) is 1. The third-order valence-electron chi connectivity index (χ3n) is 5.50. The molecule has 1 aliphatic rings. The zero-order chi connectivity index (χ0) is 20.2. The Balaban J connectivity index is 1.37. The van der Waals surface area contributed by atoms with Crippen LogP contribution in [0.5, 0.6) is 5.75 Å². The van der Waals surface area contributed by atoms with Gasteiger partial charge in [-0.2, -0.15) is 5.10 Å². The van der Waals surface area contributed by atoms with Crippen molar-refractivity contribution in [3.63, 3.8) is 0 Å². The van der Waals surface area contributed by atoms with Gasteiger partial charge in [0.05, 0.1) is 24.7 Å². The molecule has 2 atom stereocenters. The van der Waals surface area contributed by atoms with Gasteiger partial charge in [0.25, 0.3) is 0 Å². The number of aromatic nitrogens is 2. The van der Waals surface area contributed by atoms with Crippen molar-refractivity contribution >= 4 is 16.9 Å². The summed E-state index contributed by atoms with van der Waals surface area (Å²) in [5.74, 6) is 0.514. The van der Waals surface area contributed by atoms with Gasteiger partial charge >= 0.3 is 5.97 Å². The van der Waals surface area contributed by atoms with Crippen molar-refractivity contribution in [2.24, 2.45) is 5.92 Å². The van der Waals surface area contributed by atoms with Crippen molar-refractivity contribution in [2.75, 3.05) is 13.2 Å². The topological polar surface area (TPSA) is 73.6 Å². The molecule has 1 N–H and O–H groups in total. The highest BCUT2D eigenvalue weighted by Gasteiger charge is 2.17. The van der Waals surface area contributed by atoms with Crippen LogP contribution in [0.25, 0.3) is 10.9 Å². The molecule has 6 nitrogen and oxygen atoms in total. The van der Waals surface area contributed by atoms with Gasteiger partial charge in [0.2, 0.25) is 0 Å². The van der Waals surface area contributed by atoms with Gasteiger partial charge in [-0.15, -0.1) is 0 Å². The van der Waals surface area contributed by atoms with E-state index in [4.69, 9.17) is 14.6 Å². The number of fused-ring (bicyclic) bond motifs is 1. The zero-order valence-electron chi connectivity index (χ0n) is 16.6. The average Bonchev–Trinajstić information content (AvgIpc) is 3.36. The Morgan fingerprint density at radius 3 is 2.86 bits per heavy atom. The molecule has 0 radical (unpaired) electrons. The molecule has 0 amide bonds. The van der Waals surface area contributed by atoms with Gasteiger partial charge in [-0.05, 0) is 47.7 Å². The van der Waals surface area contributed by atoms with Crippen LogP contribution in [0.2, 0.25) is 0 Å². The first-order valence-corrected chi connectivity index (χ1v) is 10.1. The van der Waals surface area contributed by atoms with E-state index in [0.717, 1.165) is 54.0 Å². The molecule has 1 aromatic heterocycles. The van der Waals surface area contributed by atoms with E-state index in [-0.39, 0.29) is 12.3 Å². The summed E-state index contributed by atoms with van der Waals surface area (Å²) in [5, 5.41) is 14.6. The number of ether oxygens (including phenoxy) is 2. The number of rotatable bonds is 8. The molecule has 1 saturated heterocycles. The summed E-state index contributed by atoms with van der Waals surface area (Å²) in [6.45, 7) is 4.96. The first-order valence-electron chi connectivity index (χ1n) is 10.1. The van der Waals surface area contributed by atoms with Crippen LogP contribution in [0.1, 0.15) is 36.8 Å². The van der Waals surface area contributed by atoms with E-state index in [0.29, 0.717) is 12.5 Å². The number of nitrogens with zero attached hydrogens (tertiary/aromatic N) is 2. The third-order valence-corrected chi connectivity index (χ3v) is 5.50. The van der Waals surface area contributed by atoms with Gasteiger partial charge in [-0.25, -0.2) is 0 Å². The second-order valence-electron chi connectivity index (χ2n) is 7.81. The summed E-state index contributed by atoms with van der Waals surface area (Å²) >= 11 is 0. The Kier molecular flexibility index (Phi) is 5.81. The minimum absolute atomic E-state index is 0.0173. The summed E-state index contributed by atoms with van der Waals surface area (Å²) in [6.07, 6.45) is 3.14. The van der Waals surface area contributed by atoms with Crippen molar-refractivity contribution in [1.82, 2.24) is 9.78 Å². The Hall–Kier alpha value is -2.86. The Bertz CT molecular complexity index is 974. The smallest absolute Gasteiger partial charge is 0.303 e. The van der Waals surface area contributed by atoms with E-state index >= 15 is 0 Å². The number of carbonyl (C=O) groups is 1. The Labute approximate surface area is 170 Å². The zero-order valence-corrected chi connectivity index (χ0v) is 16.6. The molecule has 0 aliphatic carbocycles. The molecule has 152 valence electrons. The lowest BCUT2D eigenvalue weighted by Gasteiger charge is -2.11. The molecule has 4 rings (SSSR count). The molecule has 2 heterocycles. The number of carboxylic acid groups (broad SMARTS) is 1. The van der Waals surface area contributed by atoms with E-state index in [1.807, 2.05) is 37.4 Å². The molecule has 6 heteroatoms. The van der Waals surface area contributed by atoms with E-state index in [1.54, 1.807) is 0 Å². The quantitative estimate of drug-likeness (QED) is 0.619. The molecule has 0 saturated carbocycles. The third kappa shape index (κ3) is 4.77. The molecule has 3 aromatic rings. The summed E-state index contributed by atoms with van der Waals surface area (Å²) in [4.78, 5) is 10.9. The van der Waals surface area contributed by atoms with Gasteiger partial charge in [-0.1, -0.05) is 25.1 Å². The number of aliphatic carboxylic acids is 1. The van der Waals surface area contributed by atoms with Gasteiger partial charge in [0, 0.05) is 24.5 Å². The van der Waals surface area contributed by atoms with E-state index in [2.05, 4.69) is 28.0 Å². The number of hydrogen-bond acceptors (Lipinski definition) is 4. The van der Waals surface area contributed by atoms with Gasteiger partial charge in [0.1, 0.15) is 12.4 Å². The van der Waals surface area contributed by atoms with E-state index in [1.165, 1.54) is 0 Å². The van der Waals surface area contributed by atoms with Crippen LogP contribution in [0.15, 0.2) is 48.7 Å². The second kappa shape index (κ2) is 8.66. The largest absolute Gasteiger partial charge is 0.489 e. The Morgan fingerprint density at radius 1 is 1.31 bits per heavy atom. The Morgan fingerprint density at radius 2 is 2.14 bits per heavy atom. The lowest BCUT2D eigenvalue weighted by Crippen LogP contribution is -2.11. The first kappa shape index (κ1) is 19.5. The standard InChI is InChI=1S/C23H26N2O4/c1-16(10-23(26)27)19-3-5-21(6-4-19)29-15-17-2-7-22-20(11-17)12-24-25(22)13-18-8-9-28-14-18/h2-7,11-12,16,18H,8-10,13-15H2,1H3,(H,26,27). The first-order chi connectivity index (χ1) is 14.1. The normalized spacial score (nSPS) is 17.5. The van der Waals surface area contributed by atoms with Gasteiger partial charge in [0.15, 0.2) is 0 Å². The summed E-state index contributed by atoms with van der Waals surface area (Å²) in [7, 11) is 0. The van der Waals surface area contributed by atoms with E-state index < -0.39 is 5.97 Å². The van der Waals surface area contributed by atoms with Crippen LogP contribution in [-0.2, 0) is 22.7 Å². The van der Waals surface area contributed by atoms with Crippen molar-refractivity contribution in [3.05, 3.63) is 59.8 Å². The highest BCUT2D eigenvalue weighted by molar-refractivity contribution is 5.79. The van der Waals surface area contributed by atoms with Gasteiger partial charge < -0.3 is 14.6 Å². The number of benzene rings is 2. The molecular weight excluding hydrogens is 368 g/mol. The average molecular weight is 394 g/mol. The number of carboxylic acids is 1. The monoisotopic (exact) mass is 394 g/mol. The molecule has 0 spiro atoms. The van der Waals surface area contributed by atoms with Crippen LogP contribution >= 0.6 is 0 Å². The van der Waals surface area contributed by atoms with Gasteiger partial charge in [-0.3, -0.25) is 9.48 Å². The lowest BCUT2D eigenvalue weighted by molar-refractivity contribution is -0.137. The van der Waals surface area contributed by atoms with Crippen molar-refractivity contribution in [2.45, 2.75) is 38.8 Å². The van der Waals surface area contributed by atoms with Crippen molar-refractivity contribution in [3.8, 4) is 5.75 Å². The van der Waals surface area contributed by atoms with Crippen LogP contribution in [0.3, 0.4) is 0 Å². The van der Waals surface area contributed by atoms with Crippen molar-refractivity contribution < 1.29 is 19.4 Å². The fourth-order valence-corrected chi connectivity index (χ4v) is 3.78. The van der Waals surface area contributed by atoms with Crippen LogP contribution < -0.4 is 4.74 Å². The maximum Gasteiger partial charge on any atom is 0.303 e. The lowest BCUT2D eigenvalue weighted by atomic mass is 9.98. The van der Waals surface area contributed by atoms with Crippen LogP contribution in [0, 0.1) is 5.92 Å². The molecule has 1 aliphatic heterocycles. The summed E-state index contributed by atoms with van der Waals surface area (Å²) < 4.78 is 13.4. The summed E-state index contributed by atoms with van der Waals surface area (Å²) in [6, 6.07) is 14.0. The molecular formula is C23H26N2O4. The fourth-order valence-electron chi connectivity index (χ4n) is 3.78. The molecule has 0 bridgehead atoms. The molecule has 29 heavy (non-hydrogen) atoms. The predicted octanol–water partition coefficient (Wildman–Crippen LogP) is 4.23. The molecule has 2 aromatic carbocycles. The van der Waals surface area contributed by atoms with E-state index in [9.17, 15) is 4.79 Å². The molecule has 1 fully saturated rings. The molecule has 2 unspecified atom stereocenters.